The molecule has 3 aromatic heterocycles. The number of ether oxygens (including phenoxy) is 1. The molecule has 2 amide bonds. The van der Waals surface area contributed by atoms with Crippen molar-refractivity contribution < 1.29 is 19.4 Å². The average Bonchev–Trinajstić information content (AvgIpc) is 3.43. The maximum absolute atomic E-state index is 13.6. The van der Waals surface area contributed by atoms with Gasteiger partial charge in [-0.1, -0.05) is 29.8 Å². The fourth-order valence-electron chi connectivity index (χ4n) is 5.63. The molecule has 47 heavy (non-hydrogen) atoms. The number of anilines is 3. The number of rotatable bonds is 10. The summed E-state index contributed by atoms with van der Waals surface area (Å²) in [7, 11) is 3.62. The van der Waals surface area contributed by atoms with Crippen molar-refractivity contribution in [3.05, 3.63) is 82.8 Å². The Bertz CT molecular complexity index is 1780. The van der Waals surface area contributed by atoms with Crippen LogP contribution in [-0.4, -0.2) is 99.6 Å². The molecule has 3 N–H and O–H groups in total. The number of aromatic nitrogens is 4. The fraction of sp³-hybridized carbons (Fsp3) is 0.333. The molecule has 1 aromatic carbocycles. The van der Waals surface area contributed by atoms with Crippen LogP contribution in [0, 0.1) is 0 Å². The SMILES string of the molecule is COc1cc(Nc2ncc(Cl)c(-c3ccc4c(c3)C(=O)N(C(C)C(=O)N[C@H](CO)c3cccc(N5CCN(C)CC5)n3)C4)n2)ccn1. The van der Waals surface area contributed by atoms with Crippen LogP contribution >= 0.6 is 11.6 Å². The Kier molecular flexibility index (Phi) is 9.48. The van der Waals surface area contributed by atoms with E-state index >= 15 is 0 Å². The second kappa shape index (κ2) is 13.9. The van der Waals surface area contributed by atoms with Crippen molar-refractivity contribution in [3.63, 3.8) is 0 Å². The van der Waals surface area contributed by atoms with Crippen LogP contribution in [0.3, 0.4) is 0 Å². The zero-order chi connectivity index (χ0) is 33.1. The number of piperazine rings is 1. The van der Waals surface area contributed by atoms with Crippen molar-refractivity contribution in [2.45, 2.75) is 25.6 Å². The third kappa shape index (κ3) is 6.97. The molecule has 1 unspecified atom stereocenters. The van der Waals surface area contributed by atoms with Gasteiger partial charge in [-0.3, -0.25) is 9.59 Å². The smallest absolute Gasteiger partial charge is 0.255 e. The topological polar surface area (TPSA) is 149 Å². The fourth-order valence-corrected chi connectivity index (χ4v) is 5.83. The van der Waals surface area contributed by atoms with Crippen LogP contribution in [0.4, 0.5) is 17.5 Å². The normalized spacial score (nSPS) is 16.1. The highest BCUT2D eigenvalue weighted by molar-refractivity contribution is 6.33. The number of amides is 2. The van der Waals surface area contributed by atoms with Gasteiger partial charge in [0.2, 0.25) is 17.7 Å². The molecule has 4 aromatic rings. The molecule has 244 valence electrons. The number of nitrogens with one attached hydrogen (secondary N) is 2. The van der Waals surface area contributed by atoms with Gasteiger partial charge < -0.3 is 35.2 Å². The van der Waals surface area contributed by atoms with E-state index < -0.39 is 12.1 Å². The van der Waals surface area contributed by atoms with Crippen LogP contribution < -0.4 is 20.3 Å². The minimum absolute atomic E-state index is 0.262. The van der Waals surface area contributed by atoms with Gasteiger partial charge in [0.25, 0.3) is 5.91 Å². The van der Waals surface area contributed by atoms with Gasteiger partial charge >= 0.3 is 0 Å². The van der Waals surface area contributed by atoms with E-state index in [-0.39, 0.29) is 25.0 Å². The molecule has 2 aliphatic rings. The van der Waals surface area contributed by atoms with Gasteiger partial charge in [0.15, 0.2) is 0 Å². The van der Waals surface area contributed by atoms with Crippen LogP contribution in [0.5, 0.6) is 5.88 Å². The second-order valence-electron chi connectivity index (χ2n) is 11.5. The minimum Gasteiger partial charge on any atom is -0.481 e. The Labute approximate surface area is 277 Å². The number of carbonyl (C=O) groups excluding carboxylic acids is 2. The van der Waals surface area contributed by atoms with Crippen molar-refractivity contribution >= 4 is 40.9 Å². The first-order valence-electron chi connectivity index (χ1n) is 15.3. The Morgan fingerprint density at radius 1 is 1.09 bits per heavy atom. The molecule has 13 nitrogen and oxygen atoms in total. The summed E-state index contributed by atoms with van der Waals surface area (Å²) >= 11 is 6.50. The summed E-state index contributed by atoms with van der Waals surface area (Å²) in [6.45, 7) is 5.17. The Hall–Kier alpha value is -4.85. The number of halogens is 1. The molecule has 14 heteroatoms. The molecule has 5 heterocycles. The minimum atomic E-state index is -0.802. The zero-order valence-electron chi connectivity index (χ0n) is 26.4. The van der Waals surface area contributed by atoms with E-state index in [0.717, 1.165) is 37.6 Å². The molecular formula is C33H36ClN9O4. The molecule has 2 atom stereocenters. The van der Waals surface area contributed by atoms with Crippen molar-refractivity contribution in [1.82, 2.24) is 35.1 Å². The molecule has 1 saturated heterocycles. The molecule has 2 aliphatic heterocycles. The largest absolute Gasteiger partial charge is 0.481 e. The number of benzene rings is 1. The van der Waals surface area contributed by atoms with Gasteiger partial charge in [-0.2, -0.15) is 0 Å². The molecule has 0 saturated carbocycles. The van der Waals surface area contributed by atoms with E-state index in [0.29, 0.717) is 45.1 Å². The zero-order valence-corrected chi connectivity index (χ0v) is 27.1. The lowest BCUT2D eigenvalue weighted by molar-refractivity contribution is -0.126. The number of aliphatic hydroxyl groups excluding tert-OH is 1. The van der Waals surface area contributed by atoms with Gasteiger partial charge in [0.1, 0.15) is 11.9 Å². The number of methoxy groups -OCH3 is 1. The highest BCUT2D eigenvalue weighted by Gasteiger charge is 2.35. The number of fused-ring (bicyclic) bond motifs is 1. The van der Waals surface area contributed by atoms with E-state index in [1.807, 2.05) is 24.3 Å². The highest BCUT2D eigenvalue weighted by Crippen LogP contribution is 2.33. The summed E-state index contributed by atoms with van der Waals surface area (Å²) in [5.41, 5.74) is 3.56. The third-order valence-corrected chi connectivity index (χ3v) is 8.72. The van der Waals surface area contributed by atoms with Crippen molar-refractivity contribution in [3.8, 4) is 17.1 Å². The lowest BCUT2D eigenvalue weighted by Gasteiger charge is -2.33. The van der Waals surface area contributed by atoms with E-state index in [9.17, 15) is 14.7 Å². The molecule has 1 fully saturated rings. The van der Waals surface area contributed by atoms with E-state index in [1.54, 1.807) is 37.4 Å². The summed E-state index contributed by atoms with van der Waals surface area (Å²) in [5.74, 6) is 0.875. The van der Waals surface area contributed by atoms with Crippen molar-refractivity contribution in [2.24, 2.45) is 0 Å². The predicted octanol–water partition coefficient (Wildman–Crippen LogP) is 3.29. The summed E-state index contributed by atoms with van der Waals surface area (Å²) in [4.78, 5) is 50.8. The number of carbonyl (C=O) groups is 2. The molecule has 0 aliphatic carbocycles. The lowest BCUT2D eigenvalue weighted by atomic mass is 10.0. The maximum atomic E-state index is 13.6. The number of aliphatic hydroxyl groups is 1. The summed E-state index contributed by atoms with van der Waals surface area (Å²) in [6.07, 6.45) is 3.09. The van der Waals surface area contributed by atoms with Gasteiger partial charge in [0.05, 0.1) is 42.4 Å². The second-order valence-corrected chi connectivity index (χ2v) is 11.9. The molecular weight excluding hydrogens is 622 g/mol. The maximum Gasteiger partial charge on any atom is 0.255 e. The van der Waals surface area contributed by atoms with Gasteiger partial charge in [0, 0.05) is 61.8 Å². The monoisotopic (exact) mass is 657 g/mol. The van der Waals surface area contributed by atoms with Gasteiger partial charge in [-0.05, 0) is 43.8 Å². The predicted molar refractivity (Wildman–Crippen MR) is 178 cm³/mol. The first kappa shape index (κ1) is 32.1. The van der Waals surface area contributed by atoms with Crippen molar-refractivity contribution in [2.75, 3.05) is 57.2 Å². The summed E-state index contributed by atoms with van der Waals surface area (Å²) < 4.78 is 5.18. The summed E-state index contributed by atoms with van der Waals surface area (Å²) in [6, 6.07) is 13.0. The lowest BCUT2D eigenvalue weighted by Crippen LogP contribution is -2.47. The van der Waals surface area contributed by atoms with Crippen LogP contribution in [0.2, 0.25) is 5.02 Å². The quantitative estimate of drug-likeness (QED) is 0.231. The average molecular weight is 658 g/mol. The van der Waals surface area contributed by atoms with E-state index in [4.69, 9.17) is 21.3 Å². The van der Waals surface area contributed by atoms with E-state index in [2.05, 4.69) is 42.4 Å². The number of likely N-dealkylation sites (N-methyl/N-ethyl adjacent to an activating group) is 1. The molecule has 6 rings (SSSR count). The third-order valence-electron chi connectivity index (χ3n) is 8.45. The van der Waals surface area contributed by atoms with Crippen LogP contribution in [0.15, 0.2) is 60.9 Å². The molecule has 0 bridgehead atoms. The Morgan fingerprint density at radius 3 is 2.66 bits per heavy atom. The van der Waals surface area contributed by atoms with Crippen molar-refractivity contribution in [1.29, 1.82) is 0 Å². The Morgan fingerprint density at radius 2 is 1.89 bits per heavy atom. The number of hydrogen-bond donors (Lipinski definition) is 3. The van der Waals surface area contributed by atoms with Gasteiger partial charge in [-0.15, -0.1) is 0 Å². The first-order valence-corrected chi connectivity index (χ1v) is 15.7. The van der Waals surface area contributed by atoms with Crippen LogP contribution in [0.25, 0.3) is 11.3 Å². The highest BCUT2D eigenvalue weighted by atomic mass is 35.5. The molecule has 0 spiro atoms. The van der Waals surface area contributed by atoms with Crippen LogP contribution in [-0.2, 0) is 11.3 Å². The van der Waals surface area contributed by atoms with Crippen LogP contribution in [0.1, 0.15) is 34.6 Å². The van der Waals surface area contributed by atoms with Gasteiger partial charge in [-0.25, -0.2) is 19.9 Å². The number of nitrogens with zero attached hydrogens (tertiary/aromatic N) is 7. The van der Waals surface area contributed by atoms with E-state index in [1.165, 1.54) is 18.2 Å². The summed E-state index contributed by atoms with van der Waals surface area (Å²) in [5, 5.41) is 16.5. The number of pyridine rings is 2. The standard InChI is InChI=1S/C33H36ClN9O4/c1-20(31(45)39-27(19-44)26-5-4-6-28(38-26)42-13-11-41(2)12-14-42)43-18-22-8-7-21(15-24(22)32(43)46)30-25(34)17-36-33(40-30)37-23-9-10-35-29(16-23)47-3/h4-10,15-17,20,27,44H,11-14,18-19H2,1-3H3,(H,39,45)(H,35,36,37,40)/t20?,27-/m1/s1. The first-order chi connectivity index (χ1) is 22.7. The Balaban J connectivity index is 1.15. The molecule has 0 radical (unpaired) electrons. The number of hydrogen-bond acceptors (Lipinski definition) is 11.